The van der Waals surface area contributed by atoms with E-state index in [-0.39, 0.29) is 30.6 Å². The number of carboxylic acid groups (broad SMARTS) is 1. The SMILES string of the molecule is CC(=O)C=O.O=C(O)c1ccccc1NN(CCOP(=O)(O)O)CCOP(=O)(O)O. The van der Waals surface area contributed by atoms with Crippen LogP contribution in [0.1, 0.15) is 17.3 Å². The molecule has 1 rings (SSSR count). The van der Waals surface area contributed by atoms with Crippen molar-refractivity contribution in [3.8, 4) is 0 Å². The van der Waals surface area contributed by atoms with Crippen molar-refractivity contribution in [2.24, 2.45) is 0 Å². The predicted molar refractivity (Wildman–Crippen MR) is 101 cm³/mol. The molecule has 0 amide bonds. The van der Waals surface area contributed by atoms with E-state index in [1.165, 1.54) is 30.1 Å². The number of ketones is 1. The molecule has 14 nitrogen and oxygen atoms in total. The third-order valence-corrected chi connectivity index (χ3v) is 3.88. The maximum absolute atomic E-state index is 11.2. The summed E-state index contributed by atoms with van der Waals surface area (Å²) >= 11 is 0. The summed E-state index contributed by atoms with van der Waals surface area (Å²) in [6.07, 6.45) is 0.278. The fraction of sp³-hybridized carbons (Fsp3) is 0.357. The van der Waals surface area contributed by atoms with Crippen molar-refractivity contribution in [1.82, 2.24) is 5.01 Å². The van der Waals surface area contributed by atoms with Gasteiger partial charge in [-0.3, -0.25) is 18.6 Å². The Labute approximate surface area is 170 Å². The lowest BCUT2D eigenvalue weighted by Crippen LogP contribution is -2.36. The van der Waals surface area contributed by atoms with Crippen LogP contribution in [0.25, 0.3) is 0 Å². The van der Waals surface area contributed by atoms with Crippen molar-refractivity contribution < 1.29 is 57.2 Å². The zero-order valence-electron chi connectivity index (χ0n) is 15.7. The van der Waals surface area contributed by atoms with E-state index in [9.17, 15) is 18.7 Å². The van der Waals surface area contributed by atoms with Gasteiger partial charge in [0.15, 0.2) is 12.1 Å². The van der Waals surface area contributed by atoms with E-state index in [1.807, 2.05) is 0 Å². The molecule has 1 aromatic carbocycles. The van der Waals surface area contributed by atoms with Crippen molar-refractivity contribution >= 4 is 39.4 Å². The van der Waals surface area contributed by atoms with Crippen molar-refractivity contribution in [2.45, 2.75) is 6.92 Å². The molecule has 30 heavy (non-hydrogen) atoms. The second-order valence-corrected chi connectivity index (χ2v) is 7.80. The smallest absolute Gasteiger partial charge is 0.469 e. The Balaban J connectivity index is 0.00000150. The lowest BCUT2D eigenvalue weighted by atomic mass is 10.2. The van der Waals surface area contributed by atoms with Gasteiger partial charge >= 0.3 is 21.6 Å². The molecule has 1 aromatic rings. The van der Waals surface area contributed by atoms with Crippen LogP contribution in [0.2, 0.25) is 0 Å². The van der Waals surface area contributed by atoms with E-state index >= 15 is 0 Å². The Morgan fingerprint density at radius 2 is 1.47 bits per heavy atom. The number of phosphoric acid groups is 2. The molecule has 0 aromatic heterocycles. The molecule has 0 bridgehead atoms. The number of benzene rings is 1. The molecular formula is C14H22N2O12P2. The van der Waals surface area contributed by atoms with Gasteiger partial charge in [0.05, 0.1) is 24.5 Å². The van der Waals surface area contributed by atoms with Gasteiger partial charge in [-0.05, 0) is 12.1 Å². The number of anilines is 1. The maximum Gasteiger partial charge on any atom is 0.469 e. The second kappa shape index (κ2) is 13.3. The molecule has 170 valence electrons. The number of hydrogen-bond acceptors (Lipinski definition) is 9. The van der Waals surface area contributed by atoms with Crippen molar-refractivity contribution in [3.63, 3.8) is 0 Å². The number of nitrogens with zero attached hydrogens (tertiary/aromatic N) is 1. The van der Waals surface area contributed by atoms with Gasteiger partial charge in [-0.2, -0.15) is 0 Å². The third-order valence-electron chi connectivity index (χ3n) is 2.84. The van der Waals surface area contributed by atoms with E-state index < -0.39 is 40.6 Å². The molecule has 0 aliphatic rings. The Kier molecular flexibility index (Phi) is 12.5. The normalized spacial score (nSPS) is 11.4. The molecule has 0 radical (unpaired) electrons. The molecule has 0 aliphatic heterocycles. The number of aldehydes is 1. The van der Waals surface area contributed by atoms with Crippen LogP contribution in [0.15, 0.2) is 24.3 Å². The number of carboxylic acids is 1. The van der Waals surface area contributed by atoms with Gasteiger partial charge in [-0.25, -0.2) is 18.9 Å². The maximum atomic E-state index is 11.2. The monoisotopic (exact) mass is 472 g/mol. The van der Waals surface area contributed by atoms with Crippen LogP contribution in [0.5, 0.6) is 0 Å². The van der Waals surface area contributed by atoms with Crippen LogP contribution >= 0.6 is 15.6 Å². The number of rotatable bonds is 12. The van der Waals surface area contributed by atoms with Crippen LogP contribution in [0.4, 0.5) is 5.69 Å². The zero-order chi connectivity index (χ0) is 23.4. The summed E-state index contributed by atoms with van der Waals surface area (Å²) < 4.78 is 30.0. The Morgan fingerprint density at radius 3 is 1.83 bits per heavy atom. The number of carbonyl (C=O) groups excluding carboxylic acids is 2. The van der Waals surface area contributed by atoms with Crippen LogP contribution in [0.3, 0.4) is 0 Å². The average Bonchev–Trinajstić information content (AvgIpc) is 2.60. The predicted octanol–water partition coefficient (Wildman–Crippen LogP) is 0.00660. The molecular weight excluding hydrogens is 450 g/mol. The minimum Gasteiger partial charge on any atom is -0.478 e. The van der Waals surface area contributed by atoms with Gasteiger partial charge in [-0.1, -0.05) is 12.1 Å². The lowest BCUT2D eigenvalue weighted by molar-refractivity contribution is -0.128. The van der Waals surface area contributed by atoms with Crippen molar-refractivity contribution in [3.05, 3.63) is 29.8 Å². The first-order valence-electron chi connectivity index (χ1n) is 7.95. The fourth-order valence-electron chi connectivity index (χ4n) is 1.70. The summed E-state index contributed by atoms with van der Waals surface area (Å²) in [6, 6.07) is 5.85. The first-order valence-corrected chi connectivity index (χ1v) is 11.0. The molecule has 0 saturated carbocycles. The van der Waals surface area contributed by atoms with Gasteiger partial charge < -0.3 is 30.1 Å². The lowest BCUT2D eigenvalue weighted by Gasteiger charge is -2.25. The minimum atomic E-state index is -4.69. The minimum absolute atomic E-state index is 0.0701. The molecule has 0 atom stereocenters. The fourth-order valence-corrected chi connectivity index (χ4v) is 2.34. The van der Waals surface area contributed by atoms with E-state index in [0.717, 1.165) is 0 Å². The molecule has 0 aliphatic carbocycles. The highest BCUT2D eigenvalue weighted by Gasteiger charge is 2.18. The van der Waals surface area contributed by atoms with Gasteiger partial charge in [0, 0.05) is 20.0 Å². The van der Waals surface area contributed by atoms with Crippen molar-refractivity contribution in [1.29, 1.82) is 0 Å². The topological polar surface area (TPSA) is 220 Å². The quantitative estimate of drug-likeness (QED) is 0.102. The van der Waals surface area contributed by atoms with Gasteiger partial charge in [-0.15, -0.1) is 0 Å². The number of hydrogen-bond donors (Lipinski definition) is 6. The number of phosphoric ester groups is 2. The molecule has 6 N–H and O–H groups in total. The number of carbonyl (C=O) groups is 3. The molecule has 0 saturated heterocycles. The zero-order valence-corrected chi connectivity index (χ0v) is 17.4. The summed E-state index contributed by atoms with van der Waals surface area (Å²) in [6.45, 7) is 0.0883. The van der Waals surface area contributed by atoms with E-state index in [4.69, 9.17) is 29.5 Å². The molecule has 16 heteroatoms. The van der Waals surface area contributed by atoms with E-state index in [2.05, 4.69) is 14.5 Å². The average molecular weight is 472 g/mol. The number of aromatic carboxylic acids is 1. The number of nitrogens with one attached hydrogen (secondary N) is 1. The number of Topliss-reactive ketones (excluding diaryl/α,β-unsaturated/α-hetero) is 1. The summed E-state index contributed by atoms with van der Waals surface area (Å²) in [5, 5.41) is 10.4. The Bertz CT molecular complexity index is 778. The summed E-state index contributed by atoms with van der Waals surface area (Å²) in [5.41, 5.74) is 2.79. The molecule has 0 heterocycles. The molecule has 0 spiro atoms. The van der Waals surface area contributed by atoms with Crippen LogP contribution in [-0.2, 0) is 27.8 Å². The third kappa shape index (κ3) is 14.9. The van der Waals surface area contributed by atoms with Crippen LogP contribution < -0.4 is 5.43 Å². The molecule has 0 fully saturated rings. The van der Waals surface area contributed by atoms with E-state index in [0.29, 0.717) is 0 Å². The van der Waals surface area contributed by atoms with Crippen LogP contribution in [0, 0.1) is 0 Å². The highest BCUT2D eigenvalue weighted by atomic mass is 31.2. The van der Waals surface area contributed by atoms with Crippen LogP contribution in [-0.4, -0.2) is 74.0 Å². The second-order valence-electron chi connectivity index (χ2n) is 5.33. The largest absolute Gasteiger partial charge is 0.478 e. The van der Waals surface area contributed by atoms with Crippen molar-refractivity contribution in [2.75, 3.05) is 31.7 Å². The number of hydrazine groups is 1. The van der Waals surface area contributed by atoms with Gasteiger partial charge in [0.2, 0.25) is 0 Å². The van der Waals surface area contributed by atoms with E-state index in [1.54, 1.807) is 6.07 Å². The van der Waals surface area contributed by atoms with Gasteiger partial charge in [0.1, 0.15) is 0 Å². The first-order chi connectivity index (χ1) is 13.7. The Morgan fingerprint density at radius 1 is 1.03 bits per heavy atom. The Hall–Kier alpha value is -1.99. The molecule has 0 unspecified atom stereocenters. The standard InChI is InChI=1S/C11H18N2O10P2.C3H4O2/c14-11(15)9-3-1-2-4-10(9)12-13(5-7-22-24(16,17)18)6-8-23-25(19,20)21;1-3(5)2-4/h1-4,12H,5-8H2,(H,14,15)(H2,16,17,18)(H2,19,20,21);2H,1H3. The van der Waals surface area contributed by atoms with Gasteiger partial charge in [0.25, 0.3) is 0 Å². The highest BCUT2D eigenvalue weighted by Crippen LogP contribution is 2.36. The summed E-state index contributed by atoms with van der Waals surface area (Å²) in [5.74, 6) is -1.63. The first kappa shape index (κ1) is 28.0. The summed E-state index contributed by atoms with van der Waals surface area (Å²) in [7, 11) is -9.37. The highest BCUT2D eigenvalue weighted by molar-refractivity contribution is 7.46. The summed E-state index contributed by atoms with van der Waals surface area (Å²) in [4.78, 5) is 64.4. The number of para-hydroxylation sites is 1.